The van der Waals surface area contributed by atoms with Crippen molar-refractivity contribution in [2.75, 3.05) is 19.8 Å². The molecule has 0 spiro atoms. The molecular weight excluding hydrogens is 248 g/mol. The van der Waals surface area contributed by atoms with Crippen LogP contribution in [0.5, 0.6) is 0 Å². The van der Waals surface area contributed by atoms with E-state index in [-0.39, 0.29) is 0 Å². The van der Waals surface area contributed by atoms with Gasteiger partial charge >= 0.3 is 0 Å². The van der Waals surface area contributed by atoms with Crippen molar-refractivity contribution in [2.24, 2.45) is 0 Å². The first kappa shape index (κ1) is 13.1. The van der Waals surface area contributed by atoms with Crippen LogP contribution < -0.4 is 5.32 Å². The molecule has 1 aromatic heterocycles. The van der Waals surface area contributed by atoms with Gasteiger partial charge in [0.05, 0.1) is 4.90 Å². The van der Waals surface area contributed by atoms with Crippen molar-refractivity contribution in [3.05, 3.63) is 30.0 Å². The molecule has 4 nitrogen and oxygen atoms in total. The summed E-state index contributed by atoms with van der Waals surface area (Å²) in [6, 6.07) is 5.23. The molecule has 0 unspecified atom stereocenters. The van der Waals surface area contributed by atoms with Crippen LogP contribution in [0.15, 0.2) is 29.3 Å². The van der Waals surface area contributed by atoms with Gasteiger partial charge in [0.15, 0.2) is 9.84 Å². The van der Waals surface area contributed by atoms with E-state index >= 15 is 0 Å². The summed E-state index contributed by atoms with van der Waals surface area (Å²) < 4.78 is 23.1. The zero-order chi connectivity index (χ0) is 13.2. The van der Waals surface area contributed by atoms with Crippen LogP contribution in [-0.2, 0) is 16.3 Å². The van der Waals surface area contributed by atoms with Gasteiger partial charge < -0.3 is 10.3 Å². The lowest BCUT2D eigenvalue weighted by Crippen LogP contribution is -2.08. The molecule has 2 aromatic rings. The molecular formula is C13H18N2O2S. The molecule has 0 saturated carbocycles. The fraction of sp³-hybridized carbons (Fsp3) is 0.385. The lowest BCUT2D eigenvalue weighted by atomic mass is 10.1. The Bertz CT molecular complexity index is 644. The second kappa shape index (κ2) is 5.12. The molecule has 18 heavy (non-hydrogen) atoms. The predicted octanol–water partition coefficient (Wildman–Crippen LogP) is 1.72. The SMILES string of the molecule is CNCCCc1c[nH]c2ccc(S(C)(=O)=O)cc12. The van der Waals surface area contributed by atoms with E-state index < -0.39 is 9.84 Å². The molecule has 0 aliphatic heterocycles. The lowest BCUT2D eigenvalue weighted by molar-refractivity contribution is 0.602. The Morgan fingerprint density at radius 1 is 1.33 bits per heavy atom. The maximum absolute atomic E-state index is 11.5. The van der Waals surface area contributed by atoms with Gasteiger partial charge in [-0.1, -0.05) is 0 Å². The summed E-state index contributed by atoms with van der Waals surface area (Å²) in [5.74, 6) is 0. The van der Waals surface area contributed by atoms with Gasteiger partial charge in [0.1, 0.15) is 0 Å². The molecule has 0 saturated heterocycles. The molecule has 0 amide bonds. The van der Waals surface area contributed by atoms with Crippen LogP contribution >= 0.6 is 0 Å². The highest BCUT2D eigenvalue weighted by Crippen LogP contribution is 2.23. The largest absolute Gasteiger partial charge is 0.361 e. The Balaban J connectivity index is 2.37. The maximum atomic E-state index is 11.5. The average Bonchev–Trinajstić information content (AvgIpc) is 2.71. The Morgan fingerprint density at radius 2 is 2.11 bits per heavy atom. The third kappa shape index (κ3) is 2.73. The molecule has 1 heterocycles. The fourth-order valence-electron chi connectivity index (χ4n) is 2.05. The molecule has 0 aliphatic carbocycles. The minimum Gasteiger partial charge on any atom is -0.361 e. The van der Waals surface area contributed by atoms with E-state index in [0.29, 0.717) is 4.90 Å². The van der Waals surface area contributed by atoms with Gasteiger partial charge in [-0.3, -0.25) is 0 Å². The molecule has 0 fully saturated rings. The highest BCUT2D eigenvalue weighted by molar-refractivity contribution is 7.90. The van der Waals surface area contributed by atoms with Crippen molar-refractivity contribution in [3.63, 3.8) is 0 Å². The number of aryl methyl sites for hydroxylation is 1. The second-order valence-electron chi connectivity index (χ2n) is 4.50. The fourth-order valence-corrected chi connectivity index (χ4v) is 2.70. The number of nitrogens with one attached hydrogen (secondary N) is 2. The van der Waals surface area contributed by atoms with Crippen LogP contribution in [-0.4, -0.2) is 33.2 Å². The Labute approximate surface area is 107 Å². The first-order valence-electron chi connectivity index (χ1n) is 5.97. The van der Waals surface area contributed by atoms with Crippen LogP contribution in [0.2, 0.25) is 0 Å². The number of fused-ring (bicyclic) bond motifs is 1. The van der Waals surface area contributed by atoms with E-state index in [1.807, 2.05) is 19.3 Å². The van der Waals surface area contributed by atoms with Crippen molar-refractivity contribution in [1.82, 2.24) is 10.3 Å². The van der Waals surface area contributed by atoms with Gasteiger partial charge in [0.2, 0.25) is 0 Å². The summed E-state index contributed by atoms with van der Waals surface area (Å²) in [5, 5.41) is 4.12. The monoisotopic (exact) mass is 266 g/mol. The minimum absolute atomic E-state index is 0.379. The third-order valence-corrected chi connectivity index (χ3v) is 4.15. The van der Waals surface area contributed by atoms with Crippen LogP contribution in [0.3, 0.4) is 0 Å². The number of benzene rings is 1. The van der Waals surface area contributed by atoms with Gasteiger partial charge in [-0.2, -0.15) is 0 Å². The van der Waals surface area contributed by atoms with Crippen LogP contribution in [0.4, 0.5) is 0 Å². The van der Waals surface area contributed by atoms with Crippen molar-refractivity contribution in [3.8, 4) is 0 Å². The zero-order valence-corrected chi connectivity index (χ0v) is 11.5. The first-order chi connectivity index (χ1) is 8.52. The molecule has 5 heteroatoms. The minimum atomic E-state index is -3.14. The quantitative estimate of drug-likeness (QED) is 0.810. The summed E-state index contributed by atoms with van der Waals surface area (Å²) in [4.78, 5) is 3.56. The van der Waals surface area contributed by atoms with Gasteiger partial charge in [-0.15, -0.1) is 0 Å². The van der Waals surface area contributed by atoms with E-state index in [1.54, 1.807) is 12.1 Å². The number of aromatic amines is 1. The van der Waals surface area contributed by atoms with Crippen LogP contribution in [0.25, 0.3) is 10.9 Å². The normalized spacial score (nSPS) is 12.1. The summed E-state index contributed by atoms with van der Waals surface area (Å²) >= 11 is 0. The van der Waals surface area contributed by atoms with Gasteiger partial charge in [-0.05, 0) is 50.2 Å². The van der Waals surface area contributed by atoms with E-state index in [9.17, 15) is 8.42 Å². The molecule has 0 atom stereocenters. The third-order valence-electron chi connectivity index (χ3n) is 3.04. The van der Waals surface area contributed by atoms with Crippen molar-refractivity contribution >= 4 is 20.7 Å². The lowest BCUT2D eigenvalue weighted by Gasteiger charge is -2.02. The standard InChI is InChI=1S/C13H18N2O2S/c1-14-7-3-4-10-9-15-13-6-5-11(8-12(10)13)18(2,16)17/h5-6,8-9,14-15H,3-4,7H2,1-2H3. The number of rotatable bonds is 5. The molecule has 2 N–H and O–H groups in total. The van der Waals surface area contributed by atoms with Gasteiger partial charge in [-0.25, -0.2) is 8.42 Å². The highest BCUT2D eigenvalue weighted by atomic mass is 32.2. The van der Waals surface area contributed by atoms with Crippen LogP contribution in [0, 0.1) is 0 Å². The molecule has 1 aromatic carbocycles. The summed E-state index contributed by atoms with van der Waals surface area (Å²) in [5.41, 5.74) is 2.16. The molecule has 0 aliphatic rings. The van der Waals surface area contributed by atoms with Crippen LogP contribution in [0.1, 0.15) is 12.0 Å². The molecule has 2 rings (SSSR count). The topological polar surface area (TPSA) is 62.0 Å². The summed E-state index contributed by atoms with van der Waals surface area (Å²) in [6.07, 6.45) is 5.18. The predicted molar refractivity (Wildman–Crippen MR) is 73.7 cm³/mol. The van der Waals surface area contributed by atoms with Crippen molar-refractivity contribution in [2.45, 2.75) is 17.7 Å². The smallest absolute Gasteiger partial charge is 0.175 e. The molecule has 0 radical (unpaired) electrons. The van der Waals surface area contributed by atoms with Gasteiger partial charge in [0.25, 0.3) is 0 Å². The number of sulfone groups is 1. The Kier molecular flexibility index (Phi) is 3.73. The number of hydrogen-bond acceptors (Lipinski definition) is 3. The number of hydrogen-bond donors (Lipinski definition) is 2. The number of aromatic nitrogens is 1. The molecule has 98 valence electrons. The maximum Gasteiger partial charge on any atom is 0.175 e. The molecule has 0 bridgehead atoms. The van der Waals surface area contributed by atoms with E-state index in [2.05, 4.69) is 10.3 Å². The Morgan fingerprint density at radius 3 is 2.78 bits per heavy atom. The van der Waals surface area contributed by atoms with Crippen molar-refractivity contribution in [1.29, 1.82) is 0 Å². The average molecular weight is 266 g/mol. The Hall–Kier alpha value is -1.33. The second-order valence-corrected chi connectivity index (χ2v) is 6.52. The van der Waals surface area contributed by atoms with E-state index in [4.69, 9.17) is 0 Å². The highest BCUT2D eigenvalue weighted by Gasteiger charge is 2.10. The van der Waals surface area contributed by atoms with E-state index in [0.717, 1.165) is 30.3 Å². The first-order valence-corrected chi connectivity index (χ1v) is 7.86. The zero-order valence-electron chi connectivity index (χ0n) is 10.7. The summed E-state index contributed by atoms with van der Waals surface area (Å²) in [7, 11) is -1.21. The van der Waals surface area contributed by atoms with Gasteiger partial charge in [0, 0.05) is 23.4 Å². The number of H-pyrrole nitrogens is 1. The summed E-state index contributed by atoms with van der Waals surface area (Å²) in [6.45, 7) is 0.957. The van der Waals surface area contributed by atoms with E-state index in [1.165, 1.54) is 11.8 Å². The van der Waals surface area contributed by atoms with Crippen molar-refractivity contribution < 1.29 is 8.42 Å².